The summed E-state index contributed by atoms with van der Waals surface area (Å²) >= 11 is 1.69. The first-order valence-corrected chi connectivity index (χ1v) is 9.31. The predicted octanol–water partition coefficient (Wildman–Crippen LogP) is 0.646. The van der Waals surface area contributed by atoms with E-state index in [1.54, 1.807) is 17.7 Å². The largest absolute Gasteiger partial charge is 0.394 e. The third kappa shape index (κ3) is 7.20. The molecule has 0 saturated carbocycles. The van der Waals surface area contributed by atoms with Crippen LogP contribution in [-0.2, 0) is 24.2 Å². The Morgan fingerprint density at radius 1 is 1.36 bits per heavy atom. The van der Waals surface area contributed by atoms with Crippen molar-refractivity contribution >= 4 is 17.3 Å². The van der Waals surface area contributed by atoms with Gasteiger partial charge in [-0.05, 0) is 11.4 Å². The summed E-state index contributed by atoms with van der Waals surface area (Å²) in [4.78, 5) is 5.82. The minimum absolute atomic E-state index is 0.0380. The summed E-state index contributed by atoms with van der Waals surface area (Å²) in [6, 6.07) is 4.10. The third-order valence-electron chi connectivity index (χ3n) is 3.40. The molecule has 0 aliphatic rings. The number of rotatable bonds is 11. The maximum atomic E-state index is 8.72. The number of nitrogens with zero attached hydrogens (tertiary/aromatic N) is 4. The number of guanidine groups is 1. The Bertz CT molecular complexity index is 614. The van der Waals surface area contributed by atoms with Crippen molar-refractivity contribution in [1.29, 1.82) is 0 Å². The van der Waals surface area contributed by atoms with Crippen LogP contribution in [0.3, 0.4) is 0 Å². The van der Waals surface area contributed by atoms with Crippen molar-refractivity contribution in [2.75, 3.05) is 32.9 Å². The molecule has 0 fully saturated rings. The fourth-order valence-corrected chi connectivity index (χ4v) is 2.80. The molecule has 0 aliphatic carbocycles. The molecule has 8 nitrogen and oxygen atoms in total. The van der Waals surface area contributed by atoms with Crippen LogP contribution in [0.15, 0.2) is 28.8 Å². The summed E-state index contributed by atoms with van der Waals surface area (Å²) in [5.41, 5.74) is 0. The quantitative estimate of drug-likeness (QED) is 0.307. The number of nitrogens with one attached hydrogen (secondary N) is 2. The lowest BCUT2D eigenvalue weighted by molar-refractivity contribution is 0.0957. The van der Waals surface area contributed by atoms with E-state index >= 15 is 0 Å². The van der Waals surface area contributed by atoms with Gasteiger partial charge in [0.15, 0.2) is 5.96 Å². The Balaban J connectivity index is 1.81. The number of ether oxygens (including phenoxy) is 1. The van der Waals surface area contributed by atoms with Crippen LogP contribution >= 0.6 is 11.3 Å². The molecule has 25 heavy (non-hydrogen) atoms. The molecule has 3 N–H and O–H groups in total. The summed E-state index contributed by atoms with van der Waals surface area (Å²) in [6.45, 7) is 5.73. The Hall–Kier alpha value is -1.97. The molecule has 0 radical (unpaired) electrons. The number of hydrogen-bond acceptors (Lipinski definition) is 6. The van der Waals surface area contributed by atoms with Gasteiger partial charge in [0.2, 0.25) is 0 Å². The first-order valence-electron chi connectivity index (χ1n) is 8.43. The van der Waals surface area contributed by atoms with Crippen LogP contribution in [0, 0.1) is 0 Å². The van der Waals surface area contributed by atoms with Crippen molar-refractivity contribution in [3.63, 3.8) is 0 Å². The summed E-state index contributed by atoms with van der Waals surface area (Å²) < 4.78 is 7.30. The van der Waals surface area contributed by atoms with Crippen molar-refractivity contribution in [1.82, 2.24) is 25.4 Å². The topological polar surface area (TPSA) is 96.6 Å². The summed E-state index contributed by atoms with van der Waals surface area (Å²) in [7, 11) is 0. The molecule has 138 valence electrons. The molecule has 0 aromatic carbocycles. The van der Waals surface area contributed by atoms with Gasteiger partial charge in [-0.3, -0.25) is 0 Å². The molecular formula is C16H26N6O2S. The van der Waals surface area contributed by atoms with E-state index in [1.807, 2.05) is 16.0 Å². The predicted molar refractivity (Wildman–Crippen MR) is 98.8 cm³/mol. The molecule has 0 bridgehead atoms. The highest BCUT2D eigenvalue weighted by molar-refractivity contribution is 7.09. The van der Waals surface area contributed by atoms with Crippen molar-refractivity contribution < 1.29 is 9.84 Å². The van der Waals surface area contributed by atoms with Crippen LogP contribution in [0.4, 0.5) is 0 Å². The van der Waals surface area contributed by atoms with Crippen LogP contribution in [0.1, 0.15) is 17.6 Å². The van der Waals surface area contributed by atoms with Gasteiger partial charge in [-0.15, -0.1) is 21.5 Å². The van der Waals surface area contributed by atoms with Crippen molar-refractivity contribution in [2.24, 2.45) is 4.99 Å². The van der Waals surface area contributed by atoms with E-state index in [4.69, 9.17) is 9.84 Å². The highest BCUT2D eigenvalue weighted by Gasteiger charge is 2.03. The van der Waals surface area contributed by atoms with Gasteiger partial charge in [-0.2, -0.15) is 0 Å². The van der Waals surface area contributed by atoms with Crippen LogP contribution in [0.2, 0.25) is 0 Å². The maximum absolute atomic E-state index is 8.72. The lowest BCUT2D eigenvalue weighted by Gasteiger charge is -2.13. The van der Waals surface area contributed by atoms with E-state index in [1.165, 1.54) is 4.88 Å². The van der Waals surface area contributed by atoms with Gasteiger partial charge in [0.25, 0.3) is 0 Å². The molecule has 0 aliphatic heterocycles. The van der Waals surface area contributed by atoms with E-state index in [9.17, 15) is 0 Å². The summed E-state index contributed by atoms with van der Waals surface area (Å²) in [6.07, 6.45) is 2.61. The Kier molecular flexibility index (Phi) is 8.95. The molecular weight excluding hydrogens is 340 g/mol. The molecule has 2 heterocycles. The molecule has 0 amide bonds. The minimum Gasteiger partial charge on any atom is -0.394 e. The van der Waals surface area contributed by atoms with E-state index in [-0.39, 0.29) is 6.61 Å². The minimum atomic E-state index is 0.0380. The fraction of sp³-hybridized carbons (Fsp3) is 0.562. The van der Waals surface area contributed by atoms with Gasteiger partial charge in [0, 0.05) is 30.9 Å². The number of thiophene rings is 1. The smallest absolute Gasteiger partial charge is 0.191 e. The molecule has 0 unspecified atom stereocenters. The molecule has 0 spiro atoms. The Labute approximate surface area is 152 Å². The number of aryl methyl sites for hydroxylation is 1. The maximum Gasteiger partial charge on any atom is 0.191 e. The number of aromatic nitrogens is 3. The first kappa shape index (κ1) is 19.4. The number of aliphatic hydroxyl groups excluding tert-OH is 1. The standard InChI is InChI=1S/C16H26N6O2S/c1-2-15-21-20-13-22(15)7-5-17-16(18-6-9-24-10-8-23)19-12-14-4-3-11-25-14/h3-4,11,13,23H,2,5-10,12H2,1H3,(H2,17,18,19). The summed E-state index contributed by atoms with van der Waals surface area (Å²) in [5.74, 6) is 1.72. The number of hydrogen-bond donors (Lipinski definition) is 3. The van der Waals surface area contributed by atoms with Gasteiger partial charge in [-0.1, -0.05) is 13.0 Å². The lowest BCUT2D eigenvalue weighted by atomic mass is 10.4. The third-order valence-corrected chi connectivity index (χ3v) is 4.27. The van der Waals surface area contributed by atoms with E-state index in [0.717, 1.165) is 31.3 Å². The van der Waals surface area contributed by atoms with Gasteiger partial charge in [0.1, 0.15) is 12.2 Å². The van der Waals surface area contributed by atoms with Crippen LogP contribution in [0.5, 0.6) is 0 Å². The SMILES string of the molecule is CCc1nncn1CCNC(=NCc1cccs1)NCCOCCO. The molecule has 9 heteroatoms. The highest BCUT2D eigenvalue weighted by atomic mass is 32.1. The van der Waals surface area contributed by atoms with Gasteiger partial charge in [0.05, 0.1) is 26.4 Å². The number of aliphatic imine (C=N–C) groups is 1. The van der Waals surface area contributed by atoms with Crippen LogP contribution in [-0.4, -0.2) is 58.7 Å². The molecule has 2 aromatic rings. The molecule has 2 aromatic heterocycles. The van der Waals surface area contributed by atoms with Gasteiger partial charge < -0.3 is 25.0 Å². The lowest BCUT2D eigenvalue weighted by Crippen LogP contribution is -2.40. The normalized spacial score (nSPS) is 11.7. The molecule has 0 atom stereocenters. The van der Waals surface area contributed by atoms with Crippen molar-refractivity contribution in [2.45, 2.75) is 26.4 Å². The van der Waals surface area contributed by atoms with E-state index in [2.05, 4.69) is 38.8 Å². The van der Waals surface area contributed by atoms with Crippen LogP contribution in [0.25, 0.3) is 0 Å². The monoisotopic (exact) mass is 366 g/mol. The van der Waals surface area contributed by atoms with Crippen molar-refractivity contribution in [3.05, 3.63) is 34.5 Å². The Morgan fingerprint density at radius 3 is 3.00 bits per heavy atom. The van der Waals surface area contributed by atoms with Gasteiger partial charge in [-0.25, -0.2) is 4.99 Å². The average Bonchev–Trinajstić information content (AvgIpc) is 3.30. The average molecular weight is 366 g/mol. The zero-order valence-electron chi connectivity index (χ0n) is 14.5. The second kappa shape index (κ2) is 11.6. The van der Waals surface area contributed by atoms with Gasteiger partial charge >= 0.3 is 0 Å². The molecule has 2 rings (SSSR count). The Morgan fingerprint density at radius 2 is 2.24 bits per heavy atom. The zero-order valence-corrected chi connectivity index (χ0v) is 15.3. The summed E-state index contributed by atoms with van der Waals surface area (Å²) in [5, 5.41) is 25.4. The first-order chi connectivity index (χ1) is 12.3. The fourth-order valence-electron chi connectivity index (χ4n) is 2.18. The number of aliphatic hydroxyl groups is 1. The van der Waals surface area contributed by atoms with E-state index < -0.39 is 0 Å². The molecule has 0 saturated heterocycles. The second-order valence-electron chi connectivity index (χ2n) is 5.23. The highest BCUT2D eigenvalue weighted by Crippen LogP contribution is 2.09. The van der Waals surface area contributed by atoms with E-state index in [0.29, 0.717) is 26.3 Å². The zero-order chi connectivity index (χ0) is 17.7. The van der Waals surface area contributed by atoms with Crippen molar-refractivity contribution in [3.8, 4) is 0 Å². The second-order valence-corrected chi connectivity index (χ2v) is 6.26. The van der Waals surface area contributed by atoms with Crippen LogP contribution < -0.4 is 10.6 Å².